The molecule has 0 radical (unpaired) electrons. The summed E-state index contributed by atoms with van der Waals surface area (Å²) in [6.45, 7) is 2.32. The zero-order valence-corrected chi connectivity index (χ0v) is 14.4. The monoisotopic (exact) mass is 372 g/mol. The highest BCUT2D eigenvalue weighted by molar-refractivity contribution is 9.10. The lowest BCUT2D eigenvalue weighted by molar-refractivity contribution is 0.288. The van der Waals surface area contributed by atoms with Gasteiger partial charge in [0.15, 0.2) is 0 Å². The van der Waals surface area contributed by atoms with Gasteiger partial charge in [-0.3, -0.25) is 0 Å². The van der Waals surface area contributed by atoms with Gasteiger partial charge in [0.25, 0.3) is 0 Å². The molecule has 0 unspecified atom stereocenters. The van der Waals surface area contributed by atoms with E-state index in [9.17, 15) is 8.42 Å². The van der Waals surface area contributed by atoms with Gasteiger partial charge in [0.05, 0.1) is 4.90 Å². The number of hydrogen-bond acceptors (Lipinski definition) is 3. The van der Waals surface area contributed by atoms with Crippen LogP contribution in [0.15, 0.2) is 33.6 Å². The predicted molar refractivity (Wildman–Crippen MR) is 86.6 cm³/mol. The first-order chi connectivity index (χ1) is 10.1. The summed E-state index contributed by atoms with van der Waals surface area (Å²) >= 11 is 3.33. The third-order valence-corrected chi connectivity index (χ3v) is 6.74. The molecule has 0 atom stereocenters. The molecule has 6 heteroatoms. The molecule has 1 heterocycles. The van der Waals surface area contributed by atoms with Crippen molar-refractivity contribution in [2.24, 2.45) is 5.92 Å². The second kappa shape index (κ2) is 6.36. The molecule has 1 aliphatic carbocycles. The van der Waals surface area contributed by atoms with Crippen molar-refractivity contribution in [2.45, 2.75) is 36.6 Å². The van der Waals surface area contributed by atoms with Crippen LogP contribution in [0.1, 0.15) is 25.7 Å². The van der Waals surface area contributed by atoms with Crippen molar-refractivity contribution in [3.63, 3.8) is 0 Å². The maximum Gasteiger partial charge on any atom is 0.243 e. The van der Waals surface area contributed by atoms with Gasteiger partial charge < -0.3 is 5.32 Å². The Balaban J connectivity index is 1.58. The van der Waals surface area contributed by atoms with Crippen LogP contribution >= 0.6 is 15.9 Å². The standard InChI is InChI=1S/C15H21BrN2O2S/c16-13-3-5-15(6-4-13)21(19,20)18-9-7-14(8-10-18)17-11-12-1-2-12/h3-6,12,14,17H,1-2,7-11H2. The molecule has 116 valence electrons. The molecule has 0 bridgehead atoms. The predicted octanol–water partition coefficient (Wildman–Crippen LogP) is 2.60. The fourth-order valence-electron chi connectivity index (χ4n) is 2.71. The first kappa shape index (κ1) is 15.5. The molecule has 1 aromatic carbocycles. The minimum Gasteiger partial charge on any atom is -0.314 e. The molecule has 1 aliphatic heterocycles. The molecular weight excluding hydrogens is 352 g/mol. The van der Waals surface area contributed by atoms with Crippen molar-refractivity contribution in [3.8, 4) is 0 Å². The number of benzene rings is 1. The molecule has 2 fully saturated rings. The third kappa shape index (κ3) is 3.86. The molecule has 0 aromatic heterocycles. The van der Waals surface area contributed by atoms with Gasteiger partial charge in [-0.15, -0.1) is 0 Å². The van der Waals surface area contributed by atoms with Gasteiger partial charge >= 0.3 is 0 Å². The van der Waals surface area contributed by atoms with E-state index in [0.29, 0.717) is 24.0 Å². The number of nitrogens with one attached hydrogen (secondary N) is 1. The molecule has 1 aromatic rings. The van der Waals surface area contributed by atoms with Crippen LogP contribution in [-0.2, 0) is 10.0 Å². The molecule has 3 rings (SSSR count). The van der Waals surface area contributed by atoms with E-state index in [-0.39, 0.29) is 0 Å². The third-order valence-electron chi connectivity index (χ3n) is 4.30. The molecular formula is C15H21BrN2O2S. The zero-order valence-electron chi connectivity index (χ0n) is 12.0. The molecule has 0 spiro atoms. The maximum atomic E-state index is 12.6. The summed E-state index contributed by atoms with van der Waals surface area (Å²) in [6, 6.07) is 7.35. The van der Waals surface area contributed by atoms with Crippen LogP contribution in [-0.4, -0.2) is 38.4 Å². The van der Waals surface area contributed by atoms with Gasteiger partial charge in [0, 0.05) is 23.6 Å². The summed E-state index contributed by atoms with van der Waals surface area (Å²) in [5.41, 5.74) is 0. The van der Waals surface area contributed by atoms with Crippen molar-refractivity contribution in [1.29, 1.82) is 0 Å². The second-order valence-electron chi connectivity index (χ2n) is 5.98. The maximum absolute atomic E-state index is 12.6. The number of piperidine rings is 1. The molecule has 1 saturated heterocycles. The Morgan fingerprint density at radius 3 is 2.29 bits per heavy atom. The zero-order chi connectivity index (χ0) is 14.9. The molecule has 4 nitrogen and oxygen atoms in total. The lowest BCUT2D eigenvalue weighted by Gasteiger charge is -2.31. The van der Waals surface area contributed by atoms with E-state index in [1.165, 1.54) is 12.8 Å². The number of hydrogen-bond donors (Lipinski definition) is 1. The van der Waals surface area contributed by atoms with E-state index in [2.05, 4.69) is 21.2 Å². The van der Waals surface area contributed by atoms with Gasteiger partial charge in [-0.25, -0.2) is 8.42 Å². The van der Waals surface area contributed by atoms with Crippen molar-refractivity contribution in [3.05, 3.63) is 28.7 Å². The van der Waals surface area contributed by atoms with Crippen LogP contribution in [0.2, 0.25) is 0 Å². The molecule has 1 N–H and O–H groups in total. The number of nitrogens with zero attached hydrogens (tertiary/aromatic N) is 1. The average Bonchev–Trinajstić information content (AvgIpc) is 3.30. The molecule has 0 amide bonds. The Kier molecular flexibility index (Phi) is 4.69. The lowest BCUT2D eigenvalue weighted by atomic mass is 10.1. The fraction of sp³-hybridized carbons (Fsp3) is 0.600. The highest BCUT2D eigenvalue weighted by Crippen LogP contribution is 2.28. The van der Waals surface area contributed by atoms with Crippen molar-refractivity contribution >= 4 is 26.0 Å². The Bertz CT molecular complexity index is 576. The van der Waals surface area contributed by atoms with Crippen molar-refractivity contribution < 1.29 is 8.42 Å². The summed E-state index contributed by atoms with van der Waals surface area (Å²) in [6.07, 6.45) is 4.51. The first-order valence-electron chi connectivity index (χ1n) is 7.55. The number of halogens is 1. The van der Waals surface area contributed by atoms with Crippen LogP contribution < -0.4 is 5.32 Å². The SMILES string of the molecule is O=S(=O)(c1ccc(Br)cc1)N1CCC(NCC2CC2)CC1. The van der Waals surface area contributed by atoms with Gasteiger partial charge in [-0.05, 0) is 62.4 Å². The van der Waals surface area contributed by atoms with Crippen LogP contribution in [0.3, 0.4) is 0 Å². The lowest BCUT2D eigenvalue weighted by Crippen LogP contribution is -2.45. The Morgan fingerprint density at radius 2 is 1.71 bits per heavy atom. The van der Waals surface area contributed by atoms with Crippen LogP contribution in [0.4, 0.5) is 0 Å². The van der Waals surface area contributed by atoms with Crippen molar-refractivity contribution in [2.75, 3.05) is 19.6 Å². The second-order valence-corrected chi connectivity index (χ2v) is 8.84. The summed E-state index contributed by atoms with van der Waals surface area (Å²) in [4.78, 5) is 0.384. The minimum absolute atomic E-state index is 0.384. The van der Waals surface area contributed by atoms with E-state index in [4.69, 9.17) is 0 Å². The van der Waals surface area contributed by atoms with Crippen LogP contribution in [0.25, 0.3) is 0 Å². The van der Waals surface area contributed by atoms with E-state index < -0.39 is 10.0 Å². The molecule has 1 saturated carbocycles. The summed E-state index contributed by atoms with van der Waals surface area (Å²) in [5, 5.41) is 3.58. The molecule has 2 aliphatic rings. The van der Waals surface area contributed by atoms with Gasteiger partial charge in [0.2, 0.25) is 10.0 Å². The van der Waals surface area contributed by atoms with E-state index in [1.807, 2.05) is 0 Å². The van der Waals surface area contributed by atoms with Crippen molar-refractivity contribution in [1.82, 2.24) is 9.62 Å². The van der Waals surface area contributed by atoms with E-state index in [0.717, 1.165) is 29.8 Å². The minimum atomic E-state index is -3.34. The highest BCUT2D eigenvalue weighted by Gasteiger charge is 2.30. The van der Waals surface area contributed by atoms with Gasteiger partial charge in [-0.2, -0.15) is 4.31 Å². The Hall–Kier alpha value is -0.430. The van der Waals surface area contributed by atoms with Crippen LogP contribution in [0, 0.1) is 5.92 Å². The summed E-state index contributed by atoms with van der Waals surface area (Å²) in [5.74, 6) is 0.870. The first-order valence-corrected chi connectivity index (χ1v) is 9.78. The Labute approximate surface area is 135 Å². The smallest absolute Gasteiger partial charge is 0.243 e. The van der Waals surface area contributed by atoms with E-state index in [1.54, 1.807) is 28.6 Å². The Morgan fingerprint density at radius 1 is 1.10 bits per heavy atom. The average molecular weight is 373 g/mol. The highest BCUT2D eigenvalue weighted by atomic mass is 79.9. The fourth-order valence-corrected chi connectivity index (χ4v) is 4.45. The normalized spacial score (nSPS) is 21.6. The van der Waals surface area contributed by atoms with Gasteiger partial charge in [0.1, 0.15) is 0 Å². The number of rotatable bonds is 5. The number of sulfonamides is 1. The molecule has 21 heavy (non-hydrogen) atoms. The summed E-state index contributed by atoms with van der Waals surface area (Å²) < 4.78 is 27.7. The quantitative estimate of drug-likeness (QED) is 0.863. The van der Waals surface area contributed by atoms with Crippen LogP contribution in [0.5, 0.6) is 0 Å². The topological polar surface area (TPSA) is 49.4 Å². The summed E-state index contributed by atoms with van der Waals surface area (Å²) in [7, 11) is -3.34. The van der Waals surface area contributed by atoms with Gasteiger partial charge in [-0.1, -0.05) is 15.9 Å². The van der Waals surface area contributed by atoms with E-state index >= 15 is 0 Å². The largest absolute Gasteiger partial charge is 0.314 e.